The van der Waals surface area contributed by atoms with Gasteiger partial charge in [-0.25, -0.2) is 0 Å². The first-order valence-corrected chi connectivity index (χ1v) is 7.22. The Hall–Kier alpha value is -1.65. The van der Waals surface area contributed by atoms with Gasteiger partial charge in [-0.15, -0.1) is 0 Å². The van der Waals surface area contributed by atoms with Crippen molar-refractivity contribution in [1.29, 1.82) is 0 Å². The lowest BCUT2D eigenvalue weighted by atomic mass is 10.0. The Morgan fingerprint density at radius 2 is 2.05 bits per heavy atom. The molecule has 20 heavy (non-hydrogen) atoms. The van der Waals surface area contributed by atoms with E-state index in [-0.39, 0.29) is 11.8 Å². The zero-order valence-electron chi connectivity index (χ0n) is 11.6. The van der Waals surface area contributed by atoms with Gasteiger partial charge in [0.2, 0.25) is 5.78 Å². The minimum Gasteiger partial charge on any atom is -0.453 e. The van der Waals surface area contributed by atoms with Crippen LogP contribution in [0, 0.1) is 6.92 Å². The zero-order valence-corrected chi connectivity index (χ0v) is 11.6. The summed E-state index contributed by atoms with van der Waals surface area (Å²) in [4.78, 5) is 17.4. The molecule has 3 aliphatic rings. The molecule has 4 heterocycles. The van der Waals surface area contributed by atoms with Gasteiger partial charge in [0.25, 0.3) is 0 Å². The third-order valence-electron chi connectivity index (χ3n) is 4.57. The van der Waals surface area contributed by atoms with Crippen LogP contribution < -0.4 is 0 Å². The summed E-state index contributed by atoms with van der Waals surface area (Å²) >= 11 is 0. The number of furan rings is 1. The number of hydrogen-bond acceptors (Lipinski definition) is 4. The first-order valence-electron chi connectivity index (χ1n) is 7.22. The van der Waals surface area contributed by atoms with Crippen molar-refractivity contribution in [3.8, 4) is 0 Å². The third-order valence-corrected chi connectivity index (χ3v) is 4.57. The molecule has 4 heteroatoms. The molecule has 1 aromatic carbocycles. The number of carbonyl (C=O) groups excluding carboxylic acids is 1. The van der Waals surface area contributed by atoms with Crippen LogP contribution >= 0.6 is 0 Å². The summed E-state index contributed by atoms with van der Waals surface area (Å²) < 4.78 is 5.83. The van der Waals surface area contributed by atoms with Crippen molar-refractivity contribution in [3.63, 3.8) is 0 Å². The Morgan fingerprint density at radius 1 is 1.25 bits per heavy atom. The number of aryl methyl sites for hydroxylation is 1. The van der Waals surface area contributed by atoms with E-state index in [1.807, 2.05) is 31.2 Å². The van der Waals surface area contributed by atoms with Crippen molar-refractivity contribution in [3.05, 3.63) is 35.6 Å². The van der Waals surface area contributed by atoms with E-state index in [1.165, 1.54) is 0 Å². The van der Waals surface area contributed by atoms with Crippen LogP contribution in [0.2, 0.25) is 0 Å². The van der Waals surface area contributed by atoms with E-state index >= 15 is 0 Å². The SMILES string of the molecule is Cc1cccc2cc(C(=O)C3CN4CCN3CC4)oc12. The number of fused-ring (bicyclic) bond motifs is 4. The average molecular weight is 270 g/mol. The quantitative estimate of drug-likeness (QED) is 0.781. The van der Waals surface area contributed by atoms with E-state index < -0.39 is 0 Å². The van der Waals surface area contributed by atoms with E-state index in [2.05, 4.69) is 9.80 Å². The van der Waals surface area contributed by atoms with Crippen molar-refractivity contribution in [2.75, 3.05) is 32.7 Å². The van der Waals surface area contributed by atoms with E-state index in [0.29, 0.717) is 5.76 Å². The van der Waals surface area contributed by atoms with Crippen molar-refractivity contribution in [2.24, 2.45) is 0 Å². The number of rotatable bonds is 2. The number of ketones is 1. The lowest BCUT2D eigenvalue weighted by Gasteiger charge is -2.46. The Bertz CT molecular complexity index is 668. The van der Waals surface area contributed by atoms with E-state index in [4.69, 9.17) is 4.42 Å². The Balaban J connectivity index is 1.68. The van der Waals surface area contributed by atoms with Gasteiger partial charge in [-0.05, 0) is 18.6 Å². The van der Waals surface area contributed by atoms with E-state index in [0.717, 1.165) is 49.3 Å². The summed E-state index contributed by atoms with van der Waals surface area (Å²) in [6.45, 7) is 7.02. The fraction of sp³-hybridized carbons (Fsp3) is 0.438. The monoisotopic (exact) mass is 270 g/mol. The molecule has 0 saturated carbocycles. The van der Waals surface area contributed by atoms with Gasteiger partial charge in [-0.3, -0.25) is 14.6 Å². The fourth-order valence-electron chi connectivity index (χ4n) is 3.36. The Morgan fingerprint density at radius 3 is 2.70 bits per heavy atom. The van der Waals surface area contributed by atoms with Crippen LogP contribution in [-0.2, 0) is 0 Å². The maximum Gasteiger partial charge on any atom is 0.216 e. The number of hydrogen-bond donors (Lipinski definition) is 0. The highest BCUT2D eigenvalue weighted by Crippen LogP contribution is 2.26. The molecule has 5 rings (SSSR count). The number of carbonyl (C=O) groups is 1. The molecule has 1 aromatic heterocycles. The summed E-state index contributed by atoms with van der Waals surface area (Å²) in [5.41, 5.74) is 1.92. The number of piperazine rings is 3. The molecule has 3 fully saturated rings. The molecule has 104 valence electrons. The van der Waals surface area contributed by atoms with Crippen LogP contribution in [0.4, 0.5) is 0 Å². The smallest absolute Gasteiger partial charge is 0.216 e. The lowest BCUT2D eigenvalue weighted by molar-refractivity contribution is 0.0146. The topological polar surface area (TPSA) is 36.7 Å². The van der Waals surface area contributed by atoms with Crippen molar-refractivity contribution in [1.82, 2.24) is 9.80 Å². The van der Waals surface area contributed by atoms with Crippen LogP contribution in [0.1, 0.15) is 16.1 Å². The number of Topliss-reactive ketones (excluding diaryl/α,β-unsaturated/α-hetero) is 1. The second-order valence-corrected chi connectivity index (χ2v) is 5.82. The minimum absolute atomic E-state index is 0.0293. The highest BCUT2D eigenvalue weighted by Gasteiger charge is 2.37. The highest BCUT2D eigenvalue weighted by atomic mass is 16.3. The molecule has 4 nitrogen and oxygen atoms in total. The lowest BCUT2D eigenvalue weighted by Crippen LogP contribution is -2.63. The van der Waals surface area contributed by atoms with Gasteiger partial charge >= 0.3 is 0 Å². The molecule has 1 atom stereocenters. The first-order chi connectivity index (χ1) is 9.72. The summed E-state index contributed by atoms with van der Waals surface area (Å²) in [5.74, 6) is 0.637. The molecule has 3 aliphatic heterocycles. The predicted molar refractivity (Wildman–Crippen MR) is 77.1 cm³/mol. The molecule has 1 unspecified atom stereocenters. The fourth-order valence-corrected chi connectivity index (χ4v) is 3.36. The summed E-state index contributed by atoms with van der Waals surface area (Å²) in [5, 5.41) is 1.02. The molecule has 0 spiro atoms. The van der Waals surface area contributed by atoms with Crippen molar-refractivity contribution in [2.45, 2.75) is 13.0 Å². The van der Waals surface area contributed by atoms with Gasteiger partial charge in [0.15, 0.2) is 5.76 Å². The summed E-state index contributed by atoms with van der Waals surface area (Å²) in [6, 6.07) is 7.87. The molecule has 0 aliphatic carbocycles. The second-order valence-electron chi connectivity index (χ2n) is 5.82. The van der Waals surface area contributed by atoms with Crippen molar-refractivity contribution >= 4 is 16.8 Å². The molecule has 2 bridgehead atoms. The molecule has 0 N–H and O–H groups in total. The van der Waals surface area contributed by atoms with Crippen LogP contribution in [-0.4, -0.2) is 54.3 Å². The molecule has 0 amide bonds. The average Bonchev–Trinajstić information content (AvgIpc) is 2.93. The summed E-state index contributed by atoms with van der Waals surface area (Å²) in [6.07, 6.45) is 0. The zero-order chi connectivity index (χ0) is 13.7. The van der Waals surface area contributed by atoms with Crippen molar-refractivity contribution < 1.29 is 9.21 Å². The van der Waals surface area contributed by atoms with Gasteiger partial charge in [-0.2, -0.15) is 0 Å². The maximum atomic E-state index is 12.7. The van der Waals surface area contributed by atoms with Crippen LogP contribution in [0.15, 0.2) is 28.7 Å². The van der Waals surface area contributed by atoms with Gasteiger partial charge in [0, 0.05) is 38.1 Å². The van der Waals surface area contributed by atoms with Gasteiger partial charge in [0.1, 0.15) is 5.58 Å². The van der Waals surface area contributed by atoms with Gasteiger partial charge < -0.3 is 4.42 Å². The molecule has 2 aromatic rings. The summed E-state index contributed by atoms with van der Waals surface area (Å²) in [7, 11) is 0. The van der Waals surface area contributed by atoms with Gasteiger partial charge in [-0.1, -0.05) is 18.2 Å². The van der Waals surface area contributed by atoms with E-state index in [9.17, 15) is 4.79 Å². The van der Waals surface area contributed by atoms with Gasteiger partial charge in [0.05, 0.1) is 6.04 Å². The Kier molecular flexibility index (Phi) is 2.69. The number of nitrogens with zero attached hydrogens (tertiary/aromatic N) is 2. The normalized spacial score (nSPS) is 28.9. The van der Waals surface area contributed by atoms with E-state index in [1.54, 1.807) is 0 Å². The minimum atomic E-state index is -0.0293. The highest BCUT2D eigenvalue weighted by molar-refractivity contribution is 6.01. The third kappa shape index (κ3) is 1.79. The Labute approximate surface area is 117 Å². The van der Waals surface area contributed by atoms with Crippen LogP contribution in [0.25, 0.3) is 11.0 Å². The largest absolute Gasteiger partial charge is 0.453 e. The molecular weight excluding hydrogens is 252 g/mol. The maximum absolute atomic E-state index is 12.7. The first kappa shape index (κ1) is 12.1. The van der Waals surface area contributed by atoms with Crippen LogP contribution in [0.3, 0.4) is 0 Å². The molecular formula is C16H18N2O2. The second kappa shape index (κ2) is 4.43. The van der Waals surface area contributed by atoms with Crippen LogP contribution in [0.5, 0.6) is 0 Å². The molecule has 3 saturated heterocycles. The standard InChI is InChI=1S/C16H18N2O2/c1-11-3-2-4-12-9-14(20-16(11)12)15(19)13-10-17-5-7-18(13)8-6-17/h2-4,9,13H,5-8,10H2,1H3. The predicted octanol–water partition coefficient (Wildman–Crippen LogP) is 1.92. The molecule has 0 radical (unpaired) electrons. The number of para-hydroxylation sites is 1. The number of benzene rings is 1.